The first-order chi connectivity index (χ1) is 11.5. The summed E-state index contributed by atoms with van der Waals surface area (Å²) in [5.74, 6) is -0.281. The zero-order valence-electron chi connectivity index (χ0n) is 13.8. The van der Waals surface area contributed by atoms with Crippen LogP contribution in [0.15, 0.2) is 48.5 Å². The predicted molar refractivity (Wildman–Crippen MR) is 96.1 cm³/mol. The first-order valence-corrected chi connectivity index (χ1v) is 8.24. The Morgan fingerprint density at radius 3 is 2.58 bits per heavy atom. The molecule has 0 bridgehead atoms. The van der Waals surface area contributed by atoms with Crippen LogP contribution in [0.2, 0.25) is 5.02 Å². The molecule has 0 aliphatic heterocycles. The fourth-order valence-corrected chi connectivity index (χ4v) is 2.58. The van der Waals surface area contributed by atoms with Gasteiger partial charge in [-0.1, -0.05) is 41.9 Å². The lowest BCUT2D eigenvalue weighted by atomic mass is 10.1. The van der Waals surface area contributed by atoms with E-state index in [0.29, 0.717) is 17.1 Å². The van der Waals surface area contributed by atoms with E-state index in [-0.39, 0.29) is 24.3 Å². The number of nitrogens with one attached hydrogen (secondary N) is 2. The van der Waals surface area contributed by atoms with Gasteiger partial charge in [-0.25, -0.2) is 0 Å². The molecule has 0 spiro atoms. The maximum absolute atomic E-state index is 12.1. The number of rotatable bonds is 6. The van der Waals surface area contributed by atoms with Gasteiger partial charge in [0.05, 0.1) is 6.04 Å². The first-order valence-electron chi connectivity index (χ1n) is 7.86. The van der Waals surface area contributed by atoms with Crippen LogP contribution >= 0.6 is 11.6 Å². The van der Waals surface area contributed by atoms with Crippen LogP contribution < -0.4 is 10.6 Å². The van der Waals surface area contributed by atoms with Gasteiger partial charge >= 0.3 is 0 Å². The third-order valence-electron chi connectivity index (χ3n) is 3.75. The summed E-state index contributed by atoms with van der Waals surface area (Å²) in [7, 11) is 0. The van der Waals surface area contributed by atoms with Crippen LogP contribution in [0.1, 0.15) is 40.9 Å². The lowest BCUT2D eigenvalue weighted by molar-refractivity contribution is -0.121. The summed E-state index contributed by atoms with van der Waals surface area (Å²) in [5, 5.41) is 6.31. The van der Waals surface area contributed by atoms with Gasteiger partial charge in [-0.05, 0) is 43.2 Å². The first kappa shape index (κ1) is 18.0. The fraction of sp³-hybridized carbons (Fsp3) is 0.263. The van der Waals surface area contributed by atoms with Crippen LogP contribution in [0.4, 0.5) is 0 Å². The second-order valence-corrected chi connectivity index (χ2v) is 6.10. The third-order valence-corrected chi connectivity index (χ3v) is 3.99. The lowest BCUT2D eigenvalue weighted by Crippen LogP contribution is -2.32. The van der Waals surface area contributed by atoms with Crippen molar-refractivity contribution in [3.05, 3.63) is 70.2 Å². The summed E-state index contributed by atoms with van der Waals surface area (Å²) in [6, 6.07) is 14.6. The maximum Gasteiger partial charge on any atom is 0.251 e. The van der Waals surface area contributed by atoms with Crippen molar-refractivity contribution < 1.29 is 9.59 Å². The van der Waals surface area contributed by atoms with E-state index < -0.39 is 0 Å². The van der Waals surface area contributed by atoms with E-state index >= 15 is 0 Å². The highest BCUT2D eigenvalue weighted by atomic mass is 35.5. The Morgan fingerprint density at radius 2 is 1.88 bits per heavy atom. The topological polar surface area (TPSA) is 58.2 Å². The van der Waals surface area contributed by atoms with Crippen LogP contribution in [0.3, 0.4) is 0 Å². The van der Waals surface area contributed by atoms with E-state index in [1.165, 1.54) is 0 Å². The summed E-state index contributed by atoms with van der Waals surface area (Å²) < 4.78 is 0. The van der Waals surface area contributed by atoms with E-state index in [1.807, 2.05) is 50.2 Å². The van der Waals surface area contributed by atoms with Crippen LogP contribution in [0.25, 0.3) is 0 Å². The zero-order chi connectivity index (χ0) is 17.5. The fourth-order valence-electron chi connectivity index (χ4n) is 2.39. The average Bonchev–Trinajstić information content (AvgIpc) is 2.55. The normalized spacial score (nSPS) is 11.6. The van der Waals surface area contributed by atoms with Crippen LogP contribution in [0.5, 0.6) is 0 Å². The van der Waals surface area contributed by atoms with E-state index in [1.54, 1.807) is 12.1 Å². The molecule has 2 N–H and O–H groups in total. The molecule has 0 saturated heterocycles. The molecule has 2 rings (SSSR count). The molecule has 2 amide bonds. The molecular weight excluding hydrogens is 324 g/mol. The molecule has 0 heterocycles. The van der Waals surface area contributed by atoms with E-state index in [4.69, 9.17) is 11.6 Å². The number of benzene rings is 2. The van der Waals surface area contributed by atoms with Crippen LogP contribution in [-0.4, -0.2) is 18.4 Å². The minimum absolute atomic E-state index is 0.118. The summed E-state index contributed by atoms with van der Waals surface area (Å²) in [6.07, 6.45) is 0.225. The molecule has 0 saturated carbocycles. The van der Waals surface area contributed by atoms with Crippen molar-refractivity contribution in [2.45, 2.75) is 26.3 Å². The van der Waals surface area contributed by atoms with Gasteiger partial charge in [0.1, 0.15) is 0 Å². The molecule has 2 aromatic carbocycles. The van der Waals surface area contributed by atoms with Crippen molar-refractivity contribution in [2.75, 3.05) is 6.54 Å². The molecule has 126 valence electrons. The SMILES string of the molecule is Cc1ccccc1C(=O)NCCC(=O)N[C@H](C)c1cccc(Cl)c1. The number of carbonyl (C=O) groups excluding carboxylic acids is 2. The second kappa shape index (κ2) is 8.50. The standard InChI is InChI=1S/C19H21ClN2O2/c1-13-6-3-4-9-17(13)19(24)21-11-10-18(23)22-14(2)15-7-5-8-16(20)12-15/h3-9,12,14H,10-11H2,1-2H3,(H,21,24)(H,22,23)/t14-/m1/s1. The van der Waals surface area contributed by atoms with E-state index in [0.717, 1.165) is 11.1 Å². The molecule has 0 radical (unpaired) electrons. The van der Waals surface area contributed by atoms with Gasteiger partial charge in [-0.3, -0.25) is 9.59 Å². The van der Waals surface area contributed by atoms with Gasteiger partial charge < -0.3 is 10.6 Å². The molecule has 5 heteroatoms. The Kier molecular flexibility index (Phi) is 6.38. The number of carbonyl (C=O) groups is 2. The zero-order valence-corrected chi connectivity index (χ0v) is 14.6. The highest BCUT2D eigenvalue weighted by molar-refractivity contribution is 6.30. The molecule has 1 atom stereocenters. The molecule has 0 aliphatic carbocycles. The second-order valence-electron chi connectivity index (χ2n) is 5.67. The molecule has 24 heavy (non-hydrogen) atoms. The molecule has 0 aromatic heterocycles. The average molecular weight is 345 g/mol. The van der Waals surface area contributed by atoms with Crippen molar-refractivity contribution in [2.24, 2.45) is 0 Å². The van der Waals surface area contributed by atoms with Crippen molar-refractivity contribution in [1.82, 2.24) is 10.6 Å². The van der Waals surface area contributed by atoms with Gasteiger partial charge in [0.15, 0.2) is 0 Å². The van der Waals surface area contributed by atoms with Crippen molar-refractivity contribution in [3.63, 3.8) is 0 Å². The monoisotopic (exact) mass is 344 g/mol. The van der Waals surface area contributed by atoms with Gasteiger partial charge in [-0.15, -0.1) is 0 Å². The van der Waals surface area contributed by atoms with Gasteiger partial charge in [-0.2, -0.15) is 0 Å². The molecule has 0 aliphatic rings. The minimum atomic E-state index is -0.163. The van der Waals surface area contributed by atoms with E-state index in [9.17, 15) is 9.59 Å². The van der Waals surface area contributed by atoms with Crippen molar-refractivity contribution in [1.29, 1.82) is 0 Å². The predicted octanol–water partition coefficient (Wildman–Crippen LogP) is 3.65. The molecule has 0 fully saturated rings. The maximum atomic E-state index is 12.1. The molecule has 0 unspecified atom stereocenters. The summed E-state index contributed by atoms with van der Waals surface area (Å²) in [4.78, 5) is 24.1. The van der Waals surface area contributed by atoms with E-state index in [2.05, 4.69) is 10.6 Å². The number of aryl methyl sites for hydroxylation is 1. The quantitative estimate of drug-likeness (QED) is 0.840. The largest absolute Gasteiger partial charge is 0.352 e. The Hall–Kier alpha value is -2.33. The van der Waals surface area contributed by atoms with Gasteiger partial charge in [0.25, 0.3) is 5.91 Å². The Bertz CT molecular complexity index is 731. The summed E-state index contributed by atoms with van der Waals surface area (Å²) in [6.45, 7) is 4.07. The number of halogens is 1. The highest BCUT2D eigenvalue weighted by Gasteiger charge is 2.11. The summed E-state index contributed by atoms with van der Waals surface area (Å²) in [5.41, 5.74) is 2.49. The Balaban J connectivity index is 1.79. The van der Waals surface area contributed by atoms with Crippen LogP contribution in [0, 0.1) is 6.92 Å². The van der Waals surface area contributed by atoms with Crippen molar-refractivity contribution >= 4 is 23.4 Å². The highest BCUT2D eigenvalue weighted by Crippen LogP contribution is 2.17. The molecular formula is C19H21ClN2O2. The lowest BCUT2D eigenvalue weighted by Gasteiger charge is -2.15. The molecule has 2 aromatic rings. The van der Waals surface area contributed by atoms with Gasteiger partial charge in [0, 0.05) is 23.6 Å². The minimum Gasteiger partial charge on any atom is -0.352 e. The van der Waals surface area contributed by atoms with Crippen LogP contribution in [-0.2, 0) is 4.79 Å². The third kappa shape index (κ3) is 5.10. The van der Waals surface area contributed by atoms with Crippen molar-refractivity contribution in [3.8, 4) is 0 Å². The molecule has 4 nitrogen and oxygen atoms in total. The summed E-state index contributed by atoms with van der Waals surface area (Å²) >= 11 is 5.95. The Labute approximate surface area is 147 Å². The number of amides is 2. The van der Waals surface area contributed by atoms with Gasteiger partial charge in [0.2, 0.25) is 5.91 Å². The Morgan fingerprint density at radius 1 is 1.12 bits per heavy atom. The number of hydrogen-bond donors (Lipinski definition) is 2. The number of hydrogen-bond acceptors (Lipinski definition) is 2. The smallest absolute Gasteiger partial charge is 0.251 e.